The van der Waals surface area contributed by atoms with Crippen LogP contribution in [0.5, 0.6) is 0 Å². The summed E-state index contributed by atoms with van der Waals surface area (Å²) < 4.78 is 1.47. The molecule has 2 N–H and O–H groups in total. The zero-order valence-electron chi connectivity index (χ0n) is 12.4. The SMILES string of the molecule is CN1CCN(c2nc(N)nc(-n3cncn3)n2)CC1(C)C. The second-order valence-corrected chi connectivity index (χ2v) is 5.79. The molecule has 3 rings (SSSR count). The highest BCUT2D eigenvalue weighted by atomic mass is 15.4. The number of nitrogens with zero attached hydrogens (tertiary/aromatic N) is 8. The van der Waals surface area contributed by atoms with Gasteiger partial charge in [-0.3, -0.25) is 4.90 Å². The highest BCUT2D eigenvalue weighted by Crippen LogP contribution is 2.22. The molecule has 1 fully saturated rings. The lowest BCUT2D eigenvalue weighted by atomic mass is 10.0. The Morgan fingerprint density at radius 3 is 2.57 bits per heavy atom. The third-order valence-electron chi connectivity index (χ3n) is 3.85. The predicted octanol–water partition coefficient (Wildman–Crippen LogP) is -0.435. The first-order valence-corrected chi connectivity index (χ1v) is 6.78. The molecule has 3 heterocycles. The van der Waals surface area contributed by atoms with Crippen molar-refractivity contribution in [2.75, 3.05) is 37.3 Å². The Morgan fingerprint density at radius 1 is 1.14 bits per heavy atom. The van der Waals surface area contributed by atoms with E-state index in [1.54, 1.807) is 0 Å². The summed E-state index contributed by atoms with van der Waals surface area (Å²) in [4.78, 5) is 21.2. The molecule has 2 aromatic heterocycles. The molecule has 0 radical (unpaired) electrons. The number of hydrogen-bond acceptors (Lipinski definition) is 8. The molecule has 1 aliphatic heterocycles. The number of anilines is 2. The second-order valence-electron chi connectivity index (χ2n) is 5.79. The van der Waals surface area contributed by atoms with Crippen LogP contribution < -0.4 is 10.6 Å². The van der Waals surface area contributed by atoms with Gasteiger partial charge in [0.25, 0.3) is 5.95 Å². The van der Waals surface area contributed by atoms with Crippen molar-refractivity contribution in [1.82, 2.24) is 34.6 Å². The van der Waals surface area contributed by atoms with Crippen LogP contribution >= 0.6 is 0 Å². The van der Waals surface area contributed by atoms with Gasteiger partial charge >= 0.3 is 0 Å². The fourth-order valence-electron chi connectivity index (χ4n) is 2.34. The summed E-state index contributed by atoms with van der Waals surface area (Å²) in [5.74, 6) is 1.14. The van der Waals surface area contributed by atoms with Gasteiger partial charge in [0.05, 0.1) is 0 Å². The third kappa shape index (κ3) is 2.64. The fourth-order valence-corrected chi connectivity index (χ4v) is 2.34. The van der Waals surface area contributed by atoms with Crippen molar-refractivity contribution in [1.29, 1.82) is 0 Å². The van der Waals surface area contributed by atoms with Crippen LogP contribution in [0.15, 0.2) is 12.7 Å². The van der Waals surface area contributed by atoms with E-state index in [0.717, 1.165) is 19.6 Å². The summed E-state index contributed by atoms with van der Waals surface area (Å²) in [6.07, 6.45) is 2.96. The van der Waals surface area contributed by atoms with Crippen LogP contribution in [0.4, 0.5) is 11.9 Å². The van der Waals surface area contributed by atoms with Crippen LogP contribution in [0, 0.1) is 0 Å². The number of nitrogen functional groups attached to an aromatic ring is 1. The molecule has 0 unspecified atom stereocenters. The molecule has 21 heavy (non-hydrogen) atoms. The van der Waals surface area contributed by atoms with Crippen LogP contribution in [-0.4, -0.2) is 66.8 Å². The van der Waals surface area contributed by atoms with Crippen LogP contribution in [0.25, 0.3) is 5.95 Å². The first-order chi connectivity index (χ1) is 9.95. The lowest BCUT2D eigenvalue weighted by Crippen LogP contribution is -2.58. The number of likely N-dealkylation sites (N-methyl/N-ethyl adjacent to an activating group) is 1. The van der Waals surface area contributed by atoms with Gasteiger partial charge in [0, 0.05) is 25.2 Å². The zero-order valence-corrected chi connectivity index (χ0v) is 12.4. The zero-order chi connectivity index (χ0) is 15.0. The van der Waals surface area contributed by atoms with Crippen LogP contribution in [0.2, 0.25) is 0 Å². The van der Waals surface area contributed by atoms with E-state index in [2.05, 4.69) is 55.7 Å². The molecule has 0 aromatic carbocycles. The van der Waals surface area contributed by atoms with Gasteiger partial charge in [-0.15, -0.1) is 0 Å². The van der Waals surface area contributed by atoms with Crippen molar-refractivity contribution in [3.8, 4) is 5.95 Å². The Kier molecular flexibility index (Phi) is 3.20. The van der Waals surface area contributed by atoms with Gasteiger partial charge in [-0.2, -0.15) is 24.7 Å². The monoisotopic (exact) mass is 289 g/mol. The normalized spacial score (nSPS) is 18.9. The molecule has 2 aromatic rings. The van der Waals surface area contributed by atoms with E-state index < -0.39 is 0 Å². The van der Waals surface area contributed by atoms with E-state index in [4.69, 9.17) is 5.73 Å². The van der Waals surface area contributed by atoms with E-state index in [1.807, 2.05) is 0 Å². The van der Waals surface area contributed by atoms with Crippen molar-refractivity contribution in [3.05, 3.63) is 12.7 Å². The van der Waals surface area contributed by atoms with Gasteiger partial charge in [0.15, 0.2) is 0 Å². The smallest absolute Gasteiger partial charge is 0.258 e. The van der Waals surface area contributed by atoms with E-state index >= 15 is 0 Å². The number of hydrogen-bond donors (Lipinski definition) is 1. The second kappa shape index (κ2) is 4.92. The minimum atomic E-state index is 0.0487. The molecule has 9 heteroatoms. The standard InChI is InChI=1S/C12H19N9/c1-12(2)6-20(5-4-19(12)3)10-16-9(13)17-11(18-10)21-8-14-7-15-21/h7-8H,4-6H2,1-3H3,(H2,13,16,17,18). The molecule has 9 nitrogen and oxygen atoms in total. The summed E-state index contributed by atoms with van der Waals surface area (Å²) in [5.41, 5.74) is 5.85. The summed E-state index contributed by atoms with van der Waals surface area (Å²) in [5, 5.41) is 4.02. The molecule has 0 bridgehead atoms. The summed E-state index contributed by atoms with van der Waals surface area (Å²) in [6.45, 7) is 7.01. The first kappa shape index (κ1) is 13.7. The van der Waals surface area contributed by atoms with E-state index in [-0.39, 0.29) is 11.5 Å². The molecule has 0 aliphatic carbocycles. The topological polar surface area (TPSA) is 102 Å². The van der Waals surface area contributed by atoms with Gasteiger partial charge in [-0.1, -0.05) is 0 Å². The minimum absolute atomic E-state index is 0.0487. The average molecular weight is 289 g/mol. The summed E-state index contributed by atoms with van der Waals surface area (Å²) in [7, 11) is 2.12. The van der Waals surface area contributed by atoms with Gasteiger partial charge in [-0.25, -0.2) is 4.98 Å². The molecule has 0 amide bonds. The molecule has 0 spiro atoms. The maximum Gasteiger partial charge on any atom is 0.258 e. The Bertz CT molecular complexity index is 622. The Morgan fingerprint density at radius 2 is 1.90 bits per heavy atom. The van der Waals surface area contributed by atoms with Crippen molar-refractivity contribution >= 4 is 11.9 Å². The van der Waals surface area contributed by atoms with Crippen LogP contribution in [0.1, 0.15) is 13.8 Å². The van der Waals surface area contributed by atoms with Gasteiger partial charge < -0.3 is 10.6 Å². The van der Waals surface area contributed by atoms with Crippen LogP contribution in [-0.2, 0) is 0 Å². The number of aromatic nitrogens is 6. The highest BCUT2D eigenvalue weighted by Gasteiger charge is 2.32. The predicted molar refractivity (Wildman–Crippen MR) is 78.1 cm³/mol. The molecular weight excluding hydrogens is 270 g/mol. The molecule has 112 valence electrons. The van der Waals surface area contributed by atoms with E-state index in [0.29, 0.717) is 11.9 Å². The summed E-state index contributed by atoms with van der Waals surface area (Å²) >= 11 is 0. The van der Waals surface area contributed by atoms with Crippen LogP contribution in [0.3, 0.4) is 0 Å². The first-order valence-electron chi connectivity index (χ1n) is 6.78. The van der Waals surface area contributed by atoms with E-state index in [9.17, 15) is 0 Å². The quantitative estimate of drug-likeness (QED) is 0.794. The fraction of sp³-hybridized carbons (Fsp3) is 0.583. The lowest BCUT2D eigenvalue weighted by molar-refractivity contribution is 0.138. The molecule has 0 atom stereocenters. The molecule has 1 saturated heterocycles. The minimum Gasteiger partial charge on any atom is -0.368 e. The van der Waals surface area contributed by atoms with Crippen molar-refractivity contribution in [2.45, 2.75) is 19.4 Å². The Balaban J connectivity index is 1.92. The highest BCUT2D eigenvalue weighted by molar-refractivity contribution is 5.39. The maximum absolute atomic E-state index is 5.81. The largest absolute Gasteiger partial charge is 0.368 e. The number of piperazine rings is 1. The van der Waals surface area contributed by atoms with Gasteiger partial charge in [0.1, 0.15) is 12.7 Å². The Hall–Kier alpha value is -2.29. The van der Waals surface area contributed by atoms with E-state index in [1.165, 1.54) is 17.3 Å². The number of rotatable bonds is 2. The Labute approximate surface area is 122 Å². The van der Waals surface area contributed by atoms with Crippen molar-refractivity contribution in [3.63, 3.8) is 0 Å². The van der Waals surface area contributed by atoms with Crippen molar-refractivity contribution in [2.24, 2.45) is 0 Å². The number of nitrogens with two attached hydrogens (primary N) is 1. The van der Waals surface area contributed by atoms with Crippen molar-refractivity contribution < 1.29 is 0 Å². The molecular formula is C12H19N9. The van der Waals surface area contributed by atoms with Gasteiger partial charge in [0.2, 0.25) is 11.9 Å². The lowest BCUT2D eigenvalue weighted by Gasteiger charge is -2.45. The molecule has 1 aliphatic rings. The third-order valence-corrected chi connectivity index (χ3v) is 3.85. The average Bonchev–Trinajstić information content (AvgIpc) is 2.95. The maximum atomic E-state index is 5.81. The summed E-state index contributed by atoms with van der Waals surface area (Å²) in [6, 6.07) is 0. The van der Waals surface area contributed by atoms with Gasteiger partial charge in [-0.05, 0) is 20.9 Å². The molecule has 0 saturated carbocycles.